The molecule has 0 radical (unpaired) electrons. The standard InChI is InChI=1S/C4H10N4S/c1-3(2-9)4-5-7-8-6-4/h3,7-9H,2H2,1H3,(H,5,6). The smallest absolute Gasteiger partial charge is 0.143 e. The molecular formula is C4H10N4S. The van der Waals surface area contributed by atoms with Crippen LogP contribution in [0.5, 0.6) is 0 Å². The quantitative estimate of drug-likeness (QED) is 0.396. The van der Waals surface area contributed by atoms with Crippen molar-refractivity contribution in [2.75, 3.05) is 5.75 Å². The van der Waals surface area contributed by atoms with Gasteiger partial charge in [-0.3, -0.25) is 5.43 Å². The van der Waals surface area contributed by atoms with Crippen LogP contribution in [0, 0.1) is 5.92 Å². The van der Waals surface area contributed by atoms with Gasteiger partial charge in [0.05, 0.1) is 0 Å². The molecule has 0 aromatic rings. The van der Waals surface area contributed by atoms with E-state index >= 15 is 0 Å². The van der Waals surface area contributed by atoms with Gasteiger partial charge in [0.2, 0.25) is 0 Å². The van der Waals surface area contributed by atoms with Crippen molar-refractivity contribution < 1.29 is 0 Å². The Balaban J connectivity index is 2.40. The summed E-state index contributed by atoms with van der Waals surface area (Å²) < 4.78 is 0. The van der Waals surface area contributed by atoms with Gasteiger partial charge in [-0.15, -0.1) is 10.6 Å². The summed E-state index contributed by atoms with van der Waals surface area (Å²) in [6, 6.07) is 0. The van der Waals surface area contributed by atoms with Crippen molar-refractivity contribution >= 4 is 18.5 Å². The Labute approximate surface area is 59.4 Å². The zero-order chi connectivity index (χ0) is 6.69. The largest absolute Gasteiger partial charge is 0.288 e. The summed E-state index contributed by atoms with van der Waals surface area (Å²) in [5, 5.41) is 3.90. The molecule has 4 nitrogen and oxygen atoms in total. The van der Waals surface area contributed by atoms with Gasteiger partial charge in [-0.2, -0.15) is 12.6 Å². The molecular weight excluding hydrogens is 136 g/mol. The Morgan fingerprint density at radius 1 is 1.78 bits per heavy atom. The van der Waals surface area contributed by atoms with Crippen LogP contribution in [0.2, 0.25) is 0 Å². The van der Waals surface area contributed by atoms with E-state index in [9.17, 15) is 0 Å². The van der Waals surface area contributed by atoms with E-state index in [-0.39, 0.29) is 0 Å². The highest BCUT2D eigenvalue weighted by Crippen LogP contribution is 1.98. The molecule has 52 valence electrons. The summed E-state index contributed by atoms with van der Waals surface area (Å²) in [6.07, 6.45) is 0. The highest BCUT2D eigenvalue weighted by atomic mass is 32.1. The minimum absolute atomic E-state index is 0.371. The van der Waals surface area contributed by atoms with Gasteiger partial charge in [0, 0.05) is 5.92 Å². The molecule has 0 saturated heterocycles. The van der Waals surface area contributed by atoms with Crippen LogP contribution in [-0.4, -0.2) is 11.6 Å². The number of thiol groups is 1. The number of hydrogen-bond acceptors (Lipinski definition) is 5. The summed E-state index contributed by atoms with van der Waals surface area (Å²) in [7, 11) is 0. The third kappa shape index (κ3) is 1.49. The Morgan fingerprint density at radius 3 is 3.00 bits per heavy atom. The lowest BCUT2D eigenvalue weighted by atomic mass is 10.2. The normalized spacial score (nSPS) is 20.0. The molecule has 0 bridgehead atoms. The summed E-state index contributed by atoms with van der Waals surface area (Å²) in [5.74, 6) is 2.08. The van der Waals surface area contributed by atoms with Crippen molar-refractivity contribution in [1.82, 2.24) is 16.5 Å². The van der Waals surface area contributed by atoms with E-state index in [0.717, 1.165) is 11.6 Å². The predicted octanol–water partition coefficient (Wildman–Crippen LogP) is -0.522. The lowest BCUT2D eigenvalue weighted by molar-refractivity contribution is 0.574. The number of hydrazone groups is 1. The van der Waals surface area contributed by atoms with Gasteiger partial charge >= 0.3 is 0 Å². The molecule has 0 fully saturated rings. The summed E-state index contributed by atoms with van der Waals surface area (Å²) in [5.41, 5.74) is 8.08. The predicted molar refractivity (Wildman–Crippen MR) is 39.9 cm³/mol. The van der Waals surface area contributed by atoms with Crippen LogP contribution in [0.4, 0.5) is 0 Å². The fourth-order valence-corrected chi connectivity index (χ4v) is 0.701. The average Bonchev–Trinajstić information content (AvgIpc) is 2.37. The first kappa shape index (κ1) is 6.70. The van der Waals surface area contributed by atoms with Crippen molar-refractivity contribution in [2.45, 2.75) is 6.92 Å². The van der Waals surface area contributed by atoms with Crippen molar-refractivity contribution in [3.63, 3.8) is 0 Å². The van der Waals surface area contributed by atoms with E-state index in [1.165, 1.54) is 0 Å². The van der Waals surface area contributed by atoms with Gasteiger partial charge in [-0.05, 0) is 5.75 Å². The van der Waals surface area contributed by atoms with Crippen LogP contribution in [-0.2, 0) is 0 Å². The van der Waals surface area contributed by atoms with Crippen LogP contribution in [0.15, 0.2) is 5.10 Å². The molecule has 9 heavy (non-hydrogen) atoms. The molecule has 1 unspecified atom stereocenters. The van der Waals surface area contributed by atoms with E-state index < -0.39 is 0 Å². The maximum Gasteiger partial charge on any atom is 0.143 e. The molecule has 0 aliphatic carbocycles. The molecule has 1 heterocycles. The summed E-state index contributed by atoms with van der Waals surface area (Å²) in [4.78, 5) is 0. The monoisotopic (exact) mass is 146 g/mol. The third-order valence-electron chi connectivity index (χ3n) is 1.16. The fraction of sp³-hybridized carbons (Fsp3) is 0.750. The van der Waals surface area contributed by atoms with Gasteiger partial charge in [0.15, 0.2) is 0 Å². The van der Waals surface area contributed by atoms with Crippen LogP contribution in [0.3, 0.4) is 0 Å². The fourth-order valence-electron chi connectivity index (χ4n) is 0.528. The zero-order valence-corrected chi connectivity index (χ0v) is 6.07. The van der Waals surface area contributed by atoms with Crippen molar-refractivity contribution in [2.24, 2.45) is 11.0 Å². The molecule has 0 aromatic heterocycles. The lowest BCUT2D eigenvalue weighted by Crippen LogP contribution is -2.37. The number of amidine groups is 1. The molecule has 1 atom stereocenters. The molecule has 1 aliphatic heterocycles. The van der Waals surface area contributed by atoms with Crippen molar-refractivity contribution in [3.05, 3.63) is 0 Å². The molecule has 0 saturated carbocycles. The minimum atomic E-state index is 0.371. The molecule has 1 aliphatic rings. The molecule has 0 spiro atoms. The first-order valence-electron chi connectivity index (χ1n) is 2.79. The summed E-state index contributed by atoms with van der Waals surface area (Å²) in [6.45, 7) is 2.05. The van der Waals surface area contributed by atoms with Crippen LogP contribution < -0.4 is 16.5 Å². The second kappa shape index (κ2) is 2.93. The Hall–Kier alpha value is -0.420. The number of hydrazine groups is 2. The second-order valence-corrected chi connectivity index (χ2v) is 2.31. The van der Waals surface area contributed by atoms with E-state index in [1.54, 1.807) is 0 Å². The molecule has 0 amide bonds. The molecule has 0 aromatic carbocycles. The first-order valence-corrected chi connectivity index (χ1v) is 3.42. The van der Waals surface area contributed by atoms with Gasteiger partial charge < -0.3 is 0 Å². The lowest BCUT2D eigenvalue weighted by Gasteiger charge is -2.04. The zero-order valence-electron chi connectivity index (χ0n) is 5.18. The minimum Gasteiger partial charge on any atom is -0.288 e. The van der Waals surface area contributed by atoms with Gasteiger partial charge in [0.1, 0.15) is 5.84 Å². The SMILES string of the molecule is CC(CS)C1=NNNN1. The van der Waals surface area contributed by atoms with Gasteiger partial charge in [-0.25, -0.2) is 5.53 Å². The van der Waals surface area contributed by atoms with E-state index in [2.05, 4.69) is 34.2 Å². The topological polar surface area (TPSA) is 48.5 Å². The summed E-state index contributed by atoms with van der Waals surface area (Å²) >= 11 is 4.11. The Bertz CT molecular complexity index is 124. The van der Waals surface area contributed by atoms with Gasteiger partial charge in [-0.1, -0.05) is 6.92 Å². The Kier molecular flexibility index (Phi) is 2.18. The molecule has 3 N–H and O–H groups in total. The Morgan fingerprint density at radius 2 is 2.56 bits per heavy atom. The van der Waals surface area contributed by atoms with E-state index in [4.69, 9.17) is 0 Å². The number of nitrogens with one attached hydrogen (secondary N) is 3. The number of nitrogens with zero attached hydrogens (tertiary/aromatic N) is 1. The first-order chi connectivity index (χ1) is 4.34. The van der Waals surface area contributed by atoms with Crippen molar-refractivity contribution in [1.29, 1.82) is 0 Å². The highest BCUT2D eigenvalue weighted by Gasteiger charge is 2.10. The highest BCUT2D eigenvalue weighted by molar-refractivity contribution is 7.80. The van der Waals surface area contributed by atoms with E-state index in [1.807, 2.05) is 6.92 Å². The van der Waals surface area contributed by atoms with Crippen molar-refractivity contribution in [3.8, 4) is 0 Å². The third-order valence-corrected chi connectivity index (χ3v) is 1.71. The van der Waals surface area contributed by atoms with E-state index in [0.29, 0.717) is 5.92 Å². The number of hydrogen-bond donors (Lipinski definition) is 4. The molecule has 1 rings (SSSR count). The van der Waals surface area contributed by atoms with Crippen LogP contribution in [0.1, 0.15) is 6.92 Å². The molecule has 5 heteroatoms. The van der Waals surface area contributed by atoms with Crippen LogP contribution in [0.25, 0.3) is 0 Å². The van der Waals surface area contributed by atoms with Crippen LogP contribution >= 0.6 is 12.6 Å². The average molecular weight is 146 g/mol. The maximum absolute atomic E-state index is 4.11. The second-order valence-electron chi connectivity index (χ2n) is 1.94. The van der Waals surface area contributed by atoms with Gasteiger partial charge in [0.25, 0.3) is 0 Å². The maximum atomic E-state index is 4.11. The number of rotatable bonds is 2.